The van der Waals surface area contributed by atoms with Gasteiger partial charge in [0.25, 0.3) is 0 Å². The molecule has 0 spiro atoms. The van der Waals surface area contributed by atoms with E-state index < -0.39 is 0 Å². The molecule has 0 saturated carbocycles. The van der Waals surface area contributed by atoms with Gasteiger partial charge in [-0.2, -0.15) is 0 Å². The zero-order valence-electron chi connectivity index (χ0n) is 6.80. The van der Waals surface area contributed by atoms with Crippen LogP contribution in [0, 0.1) is 0 Å². The second kappa shape index (κ2) is 7.49. The highest BCUT2D eigenvalue weighted by molar-refractivity contribution is 5.89. The molecule has 0 heterocycles. The molecule has 0 aromatic heterocycles. The van der Waals surface area contributed by atoms with E-state index in [0.717, 1.165) is 12.2 Å². The Labute approximate surface area is 71.1 Å². The lowest BCUT2D eigenvalue weighted by Crippen LogP contribution is -2.35. The van der Waals surface area contributed by atoms with E-state index in [0.29, 0.717) is 0 Å². The Morgan fingerprint density at radius 3 is 1.67 bits per heavy atom. The third-order valence-corrected chi connectivity index (χ3v) is 0.896. The summed E-state index contributed by atoms with van der Waals surface area (Å²) in [7, 11) is 0. The van der Waals surface area contributed by atoms with Gasteiger partial charge in [-0.1, -0.05) is 13.2 Å². The highest BCUT2D eigenvalue weighted by atomic mass is 16.2. The molecule has 0 aromatic carbocycles. The van der Waals surface area contributed by atoms with Crippen LogP contribution in [0.3, 0.4) is 0 Å². The quantitative estimate of drug-likeness (QED) is 0.401. The Hall–Kier alpha value is -1.62. The van der Waals surface area contributed by atoms with Gasteiger partial charge in [0.2, 0.25) is 11.8 Å². The number of nitrogens with one attached hydrogen (secondary N) is 2. The number of hydrogen-bond acceptors (Lipinski definition) is 3. The zero-order chi connectivity index (χ0) is 8.69. The third kappa shape index (κ3) is 6.50. The number of rotatable bonds is 4. The number of carbonyl (C=O) groups excluding carboxylic acids is 2. The fraction of sp³-hybridized carbons (Fsp3) is 0.143. The molecule has 0 rings (SSSR count). The first kappa shape index (κ1) is 13.0. The molecule has 0 aliphatic heterocycles. The summed E-state index contributed by atoms with van der Waals surface area (Å²) in [6.45, 7) is 6.56. The topological polar surface area (TPSA) is 93.2 Å². The van der Waals surface area contributed by atoms with Crippen LogP contribution in [0.4, 0.5) is 0 Å². The number of amides is 2. The van der Waals surface area contributed by atoms with E-state index in [2.05, 4.69) is 23.8 Å². The minimum Gasteiger partial charge on any atom is -0.344 e. The van der Waals surface area contributed by atoms with Crippen LogP contribution in [0.15, 0.2) is 25.3 Å². The molecule has 0 aromatic rings. The van der Waals surface area contributed by atoms with Crippen molar-refractivity contribution in [3.63, 3.8) is 0 Å². The smallest absolute Gasteiger partial charge is 0.244 e. The van der Waals surface area contributed by atoms with Crippen molar-refractivity contribution in [2.75, 3.05) is 6.67 Å². The highest BCUT2D eigenvalue weighted by Gasteiger charge is 1.93. The van der Waals surface area contributed by atoms with Gasteiger partial charge < -0.3 is 16.8 Å². The summed E-state index contributed by atoms with van der Waals surface area (Å²) >= 11 is 0. The van der Waals surface area contributed by atoms with Crippen LogP contribution in [0.1, 0.15) is 0 Å². The Morgan fingerprint density at radius 2 is 1.42 bits per heavy atom. The minimum absolute atomic E-state index is 0. The van der Waals surface area contributed by atoms with E-state index in [1.54, 1.807) is 0 Å². The first-order chi connectivity index (χ1) is 5.20. The lowest BCUT2D eigenvalue weighted by Gasteiger charge is -2.01. The molecule has 0 aliphatic carbocycles. The molecule has 0 bridgehead atoms. The number of hydrogen-bond donors (Lipinski definition) is 3. The second-order valence-electron chi connectivity index (χ2n) is 1.67. The van der Waals surface area contributed by atoms with Crippen molar-refractivity contribution in [1.29, 1.82) is 0 Å². The first-order valence-electron chi connectivity index (χ1n) is 3.01. The first-order valence-corrected chi connectivity index (χ1v) is 3.01. The molecule has 68 valence electrons. The fourth-order valence-electron chi connectivity index (χ4n) is 0.363. The minimum atomic E-state index is -0.325. The monoisotopic (exact) mass is 171 g/mol. The maximum absolute atomic E-state index is 10.5. The van der Waals surface area contributed by atoms with E-state index >= 15 is 0 Å². The lowest BCUT2D eigenvalue weighted by molar-refractivity contribution is -0.118. The van der Waals surface area contributed by atoms with Gasteiger partial charge in [0.05, 0.1) is 6.67 Å². The third-order valence-electron chi connectivity index (χ3n) is 0.896. The predicted octanol–water partition coefficient (Wildman–Crippen LogP) is -0.290. The Morgan fingerprint density at radius 1 is 1.08 bits per heavy atom. The average Bonchev–Trinajstić information content (AvgIpc) is 2.04. The van der Waals surface area contributed by atoms with Crippen molar-refractivity contribution in [3.8, 4) is 0 Å². The van der Waals surface area contributed by atoms with Gasteiger partial charge >= 0.3 is 0 Å². The van der Waals surface area contributed by atoms with Crippen molar-refractivity contribution < 1.29 is 9.59 Å². The van der Waals surface area contributed by atoms with Crippen LogP contribution < -0.4 is 16.8 Å². The molecule has 0 unspecified atom stereocenters. The van der Waals surface area contributed by atoms with Crippen LogP contribution in [0.2, 0.25) is 0 Å². The van der Waals surface area contributed by atoms with Crippen LogP contribution in [-0.4, -0.2) is 18.5 Å². The van der Waals surface area contributed by atoms with Gasteiger partial charge in [0, 0.05) is 0 Å². The van der Waals surface area contributed by atoms with E-state index in [1.807, 2.05) is 0 Å². The molecule has 5 nitrogen and oxygen atoms in total. The van der Waals surface area contributed by atoms with Crippen molar-refractivity contribution in [3.05, 3.63) is 25.3 Å². The zero-order valence-corrected chi connectivity index (χ0v) is 6.80. The Bertz CT molecular complexity index is 169. The highest BCUT2D eigenvalue weighted by Crippen LogP contribution is 1.65. The van der Waals surface area contributed by atoms with E-state index in [9.17, 15) is 9.59 Å². The van der Waals surface area contributed by atoms with Crippen LogP contribution in [-0.2, 0) is 9.59 Å². The van der Waals surface area contributed by atoms with Gasteiger partial charge in [-0.25, -0.2) is 0 Å². The van der Waals surface area contributed by atoms with Gasteiger partial charge in [0.15, 0.2) is 0 Å². The standard InChI is InChI=1S/C7H10N2O2.H3N/c1-3-6(10)8-5-9-7(11)4-2;/h3-4H,1-2,5H2,(H,8,10)(H,9,11);1H3. The maximum Gasteiger partial charge on any atom is 0.244 e. The summed E-state index contributed by atoms with van der Waals surface area (Å²) in [5.41, 5.74) is 0. The van der Waals surface area contributed by atoms with Crippen molar-refractivity contribution in [2.24, 2.45) is 0 Å². The molecule has 5 heteroatoms. The normalized spacial score (nSPS) is 7.33. The van der Waals surface area contributed by atoms with Crippen molar-refractivity contribution in [1.82, 2.24) is 16.8 Å². The van der Waals surface area contributed by atoms with E-state index in [1.165, 1.54) is 0 Å². The van der Waals surface area contributed by atoms with E-state index in [-0.39, 0.29) is 24.6 Å². The summed E-state index contributed by atoms with van der Waals surface area (Å²) < 4.78 is 0. The Balaban J connectivity index is 0. The molecule has 0 atom stereocenters. The van der Waals surface area contributed by atoms with Gasteiger partial charge in [-0.3, -0.25) is 9.59 Å². The van der Waals surface area contributed by atoms with Crippen LogP contribution >= 0.6 is 0 Å². The van der Waals surface area contributed by atoms with Gasteiger partial charge in [0.1, 0.15) is 0 Å². The molecular weight excluding hydrogens is 158 g/mol. The molecule has 0 radical (unpaired) electrons. The van der Waals surface area contributed by atoms with Gasteiger partial charge in [-0.15, -0.1) is 0 Å². The molecule has 2 amide bonds. The van der Waals surface area contributed by atoms with Crippen LogP contribution in [0.25, 0.3) is 0 Å². The number of carbonyl (C=O) groups is 2. The molecule has 12 heavy (non-hydrogen) atoms. The largest absolute Gasteiger partial charge is 0.344 e. The molecule has 0 saturated heterocycles. The predicted molar refractivity (Wildman–Crippen MR) is 46.6 cm³/mol. The SMILES string of the molecule is C=CC(=O)NCNC(=O)C=C.N. The summed E-state index contributed by atoms with van der Waals surface area (Å²) in [6, 6.07) is 0. The summed E-state index contributed by atoms with van der Waals surface area (Å²) in [5, 5.41) is 4.72. The van der Waals surface area contributed by atoms with E-state index in [4.69, 9.17) is 0 Å². The maximum atomic E-state index is 10.5. The van der Waals surface area contributed by atoms with Crippen molar-refractivity contribution >= 4 is 11.8 Å². The van der Waals surface area contributed by atoms with Crippen molar-refractivity contribution in [2.45, 2.75) is 0 Å². The molecular formula is C7H13N3O2. The van der Waals surface area contributed by atoms with Crippen LogP contribution in [0.5, 0.6) is 0 Å². The average molecular weight is 171 g/mol. The summed E-state index contributed by atoms with van der Waals surface area (Å²) in [6.07, 6.45) is 2.25. The Kier molecular flexibility index (Phi) is 8.11. The summed E-state index contributed by atoms with van der Waals surface area (Å²) in [4.78, 5) is 21.0. The molecule has 0 aliphatic rings. The molecule has 0 fully saturated rings. The lowest BCUT2D eigenvalue weighted by atomic mass is 10.5. The van der Waals surface area contributed by atoms with Gasteiger partial charge in [-0.05, 0) is 12.2 Å². The summed E-state index contributed by atoms with van der Waals surface area (Å²) in [5.74, 6) is -0.649. The molecule has 5 N–H and O–H groups in total. The fourth-order valence-corrected chi connectivity index (χ4v) is 0.363. The second-order valence-corrected chi connectivity index (χ2v) is 1.67.